The van der Waals surface area contributed by atoms with Gasteiger partial charge in [0.2, 0.25) is 0 Å². The molecule has 0 aliphatic carbocycles. The smallest absolute Gasteiger partial charge is 0.194 e. The molecular weight excluding hydrogens is 753 g/mol. The third-order valence-electron chi connectivity index (χ3n) is 15.6. The van der Waals surface area contributed by atoms with Crippen LogP contribution in [0.3, 0.4) is 0 Å². The normalized spacial score (nSPS) is 43.0. The molecule has 5 aliphatic rings. The average molecular weight is 835 g/mol. The molecule has 1 unspecified atom stereocenters. The number of ketones is 1. The SMILES string of the molecule is CC[C@@H](C(=O)[C@@H](C)[C@@H](O)[C@H](C)[C@@H]1O[C@@H]([C@@H](CC)C(=O)[O-])CC[C@@H]1C)[C@H]1OC2(C=C[C@@H](NCC[N+](C)(C)C)[C@]3(CC[C@@](C)([C@H]4CC[C@](O)(CC)[C@H](C)O4)O3)O2)[C@H](C)C[C@@H]1C. The summed E-state index contributed by atoms with van der Waals surface area (Å²) in [6.45, 7) is 21.7. The van der Waals surface area contributed by atoms with Crippen molar-refractivity contribution >= 4 is 11.8 Å². The first-order chi connectivity index (χ1) is 27.5. The number of nitrogens with one attached hydrogen (secondary N) is 1. The van der Waals surface area contributed by atoms with Crippen LogP contribution in [0.1, 0.15) is 133 Å². The molecular formula is C47H82N2O10. The Morgan fingerprint density at radius 2 is 1.59 bits per heavy atom. The van der Waals surface area contributed by atoms with Crippen LogP contribution < -0.4 is 10.4 Å². The number of hydrogen-bond donors (Lipinski definition) is 3. The highest BCUT2D eigenvalue weighted by Gasteiger charge is 2.63. The van der Waals surface area contributed by atoms with Crippen molar-refractivity contribution < 1.29 is 53.1 Å². The van der Waals surface area contributed by atoms with Crippen molar-refractivity contribution in [3.63, 3.8) is 0 Å². The molecule has 12 heteroatoms. The Balaban J connectivity index is 1.38. The van der Waals surface area contributed by atoms with Gasteiger partial charge in [-0.2, -0.15) is 0 Å². The minimum Gasteiger partial charge on any atom is -0.550 e. The molecule has 5 rings (SSSR count). The number of Topliss-reactive ketones (excluding diaryl/α,β-unsaturated/α-hetero) is 1. The Hall–Kier alpha value is -1.48. The van der Waals surface area contributed by atoms with Crippen molar-refractivity contribution in [3.8, 4) is 0 Å². The van der Waals surface area contributed by atoms with E-state index in [-0.39, 0.29) is 47.9 Å². The fourth-order valence-electron chi connectivity index (χ4n) is 11.3. The molecule has 5 aliphatic heterocycles. The van der Waals surface area contributed by atoms with Crippen LogP contribution in [-0.4, -0.2) is 126 Å². The van der Waals surface area contributed by atoms with Crippen molar-refractivity contribution in [2.24, 2.45) is 41.4 Å². The van der Waals surface area contributed by atoms with Gasteiger partial charge in [0.25, 0.3) is 0 Å². The van der Waals surface area contributed by atoms with Gasteiger partial charge in [-0.3, -0.25) is 4.79 Å². The molecule has 12 nitrogen and oxygen atoms in total. The molecule has 0 aromatic carbocycles. The first-order valence-electron chi connectivity index (χ1n) is 23.3. The van der Waals surface area contributed by atoms with Crippen LogP contribution in [0.25, 0.3) is 0 Å². The van der Waals surface area contributed by atoms with Crippen LogP contribution in [0.5, 0.6) is 0 Å². The van der Waals surface area contributed by atoms with Crippen LogP contribution in [-0.2, 0) is 33.3 Å². The van der Waals surface area contributed by atoms with Crippen molar-refractivity contribution in [1.82, 2.24) is 5.32 Å². The van der Waals surface area contributed by atoms with Gasteiger partial charge in [-0.05, 0) is 89.5 Å². The van der Waals surface area contributed by atoms with Gasteiger partial charge in [0.05, 0.1) is 81.6 Å². The molecule has 4 saturated heterocycles. The molecule has 59 heavy (non-hydrogen) atoms. The number of hydrogen-bond acceptors (Lipinski definition) is 11. The number of quaternary nitrogens is 1. The maximum atomic E-state index is 14.7. The Morgan fingerprint density at radius 1 is 0.915 bits per heavy atom. The zero-order valence-corrected chi connectivity index (χ0v) is 38.8. The molecule has 0 saturated carbocycles. The van der Waals surface area contributed by atoms with E-state index in [4.69, 9.17) is 23.7 Å². The lowest BCUT2D eigenvalue weighted by atomic mass is 9.72. The maximum absolute atomic E-state index is 14.7. The summed E-state index contributed by atoms with van der Waals surface area (Å²) in [5.41, 5.74) is -1.52. The first kappa shape index (κ1) is 48.6. The lowest BCUT2D eigenvalue weighted by molar-refractivity contribution is -0.869. The van der Waals surface area contributed by atoms with Crippen molar-refractivity contribution in [3.05, 3.63) is 12.2 Å². The van der Waals surface area contributed by atoms with E-state index in [2.05, 4.69) is 66.3 Å². The zero-order valence-electron chi connectivity index (χ0n) is 38.8. The highest BCUT2D eigenvalue weighted by molar-refractivity contribution is 5.84. The second-order valence-electron chi connectivity index (χ2n) is 20.9. The molecule has 0 aromatic rings. The molecule has 0 bridgehead atoms. The molecule has 4 fully saturated rings. The number of aliphatic carboxylic acids is 1. The molecule has 0 amide bonds. The van der Waals surface area contributed by atoms with E-state index < -0.39 is 70.7 Å². The quantitative estimate of drug-likeness (QED) is 0.140. The number of carbonyl (C=O) groups is 2. The Kier molecular flexibility index (Phi) is 15.4. The van der Waals surface area contributed by atoms with Crippen LogP contribution >= 0.6 is 0 Å². The van der Waals surface area contributed by atoms with E-state index in [0.717, 1.165) is 30.4 Å². The highest BCUT2D eigenvalue weighted by atomic mass is 16.8. The lowest BCUT2D eigenvalue weighted by Crippen LogP contribution is -2.65. The molecule has 5 heterocycles. The Bertz CT molecular complexity index is 1470. The summed E-state index contributed by atoms with van der Waals surface area (Å²) in [6.07, 6.45) is 7.74. The van der Waals surface area contributed by atoms with Crippen LogP contribution in [0.2, 0.25) is 0 Å². The van der Waals surface area contributed by atoms with Gasteiger partial charge in [-0.15, -0.1) is 0 Å². The minimum absolute atomic E-state index is 0.0434. The predicted molar refractivity (Wildman–Crippen MR) is 225 cm³/mol. The average Bonchev–Trinajstić information content (AvgIpc) is 3.52. The fourth-order valence-corrected chi connectivity index (χ4v) is 11.3. The van der Waals surface area contributed by atoms with Crippen LogP contribution in [0, 0.1) is 41.4 Å². The van der Waals surface area contributed by atoms with Gasteiger partial charge >= 0.3 is 0 Å². The topological polar surface area (TPSA) is 156 Å². The number of ether oxygens (including phenoxy) is 5. The molecule has 0 radical (unpaired) electrons. The summed E-state index contributed by atoms with van der Waals surface area (Å²) < 4.78 is 35.6. The summed E-state index contributed by atoms with van der Waals surface area (Å²) in [4.78, 5) is 26.6. The molecule has 18 atom stereocenters. The second kappa shape index (κ2) is 18.7. The number of aliphatic hydroxyl groups is 2. The molecule has 3 N–H and O–H groups in total. The Labute approximate surface area is 356 Å². The van der Waals surface area contributed by atoms with E-state index in [0.29, 0.717) is 51.4 Å². The summed E-state index contributed by atoms with van der Waals surface area (Å²) in [6, 6.07) is -0.257. The monoisotopic (exact) mass is 835 g/mol. The van der Waals surface area contributed by atoms with E-state index in [1.807, 2.05) is 34.6 Å². The third-order valence-corrected chi connectivity index (χ3v) is 15.6. The zero-order chi connectivity index (χ0) is 43.9. The van der Waals surface area contributed by atoms with Crippen LogP contribution in [0.4, 0.5) is 0 Å². The second-order valence-corrected chi connectivity index (χ2v) is 20.9. The first-order valence-corrected chi connectivity index (χ1v) is 23.3. The number of carboxylic acid groups (broad SMARTS) is 1. The molecule has 2 spiro atoms. The van der Waals surface area contributed by atoms with Gasteiger partial charge in [0.1, 0.15) is 5.78 Å². The summed E-state index contributed by atoms with van der Waals surface area (Å²) in [5, 5.41) is 38.7. The summed E-state index contributed by atoms with van der Waals surface area (Å²) in [7, 11) is 6.52. The van der Waals surface area contributed by atoms with Gasteiger partial charge in [-0.1, -0.05) is 61.5 Å². The van der Waals surface area contributed by atoms with E-state index >= 15 is 0 Å². The standard InChI is InChI=1S/C47H82N2O10/c1-14-34(43(52)53)36-18-17-28(4)41(56-36)32(8)39(50)31(7)40(51)35(15-2)42-29(5)27-30(6)46(57-42)22-19-37(48-25-26-49(11,12)13)47(59-46)24-23-44(10,58-47)38-20-21-45(54,16-3)33(9)55-38/h19,22,28-39,41-42,48,50,54H,14-18,20-21,23-27H2,1-13H3/t28-,29-,30+,31-,32-,33-,34+,35-,36+,37+,38+,39+,41+,42-,44-,45+,46?,47-/m0/s1. The number of aliphatic hydroxyl groups excluding tert-OH is 1. The highest BCUT2D eigenvalue weighted by Crippen LogP contribution is 2.54. The summed E-state index contributed by atoms with van der Waals surface area (Å²) >= 11 is 0. The van der Waals surface area contributed by atoms with E-state index in [1.165, 1.54) is 0 Å². The lowest BCUT2D eigenvalue weighted by Gasteiger charge is -2.55. The maximum Gasteiger partial charge on any atom is 0.194 e. The predicted octanol–water partition coefficient (Wildman–Crippen LogP) is 5.16. The molecule has 0 aromatic heterocycles. The number of carboxylic acids is 1. The Morgan fingerprint density at radius 3 is 2.19 bits per heavy atom. The van der Waals surface area contributed by atoms with Crippen molar-refractivity contribution in [2.45, 2.75) is 199 Å². The largest absolute Gasteiger partial charge is 0.550 e. The summed E-state index contributed by atoms with van der Waals surface area (Å²) in [5.74, 6) is -5.58. The number of likely N-dealkylation sites (N-methyl/N-ethyl adjacent to an activating group) is 1. The van der Waals surface area contributed by atoms with Gasteiger partial charge < -0.3 is 53.6 Å². The fraction of sp³-hybridized carbons (Fsp3) is 0.915. The molecule has 340 valence electrons. The van der Waals surface area contributed by atoms with Crippen LogP contribution in [0.15, 0.2) is 12.2 Å². The third kappa shape index (κ3) is 10.0. The van der Waals surface area contributed by atoms with E-state index in [9.17, 15) is 24.9 Å². The number of carbonyl (C=O) groups excluding carboxylic acids is 2. The van der Waals surface area contributed by atoms with Gasteiger partial charge in [0, 0.05) is 48.5 Å². The number of nitrogens with zero attached hydrogens (tertiary/aromatic N) is 1. The van der Waals surface area contributed by atoms with Crippen molar-refractivity contribution in [2.75, 3.05) is 34.2 Å². The van der Waals surface area contributed by atoms with E-state index in [1.54, 1.807) is 6.92 Å². The minimum atomic E-state index is -1.15. The van der Waals surface area contributed by atoms with Crippen molar-refractivity contribution in [1.29, 1.82) is 0 Å². The van der Waals surface area contributed by atoms with Gasteiger partial charge in [0.15, 0.2) is 11.6 Å². The number of rotatable bonds is 16. The van der Waals surface area contributed by atoms with Gasteiger partial charge in [-0.25, -0.2) is 0 Å².